The highest BCUT2D eigenvalue weighted by atomic mass is 35.5. The summed E-state index contributed by atoms with van der Waals surface area (Å²) in [7, 11) is 0. The van der Waals surface area contributed by atoms with Gasteiger partial charge < -0.3 is 10.2 Å². The Balaban J connectivity index is 1.78. The lowest BCUT2D eigenvalue weighted by Gasteiger charge is -2.23. The van der Waals surface area contributed by atoms with E-state index in [1.54, 1.807) is 17.5 Å². The molecule has 0 bridgehead atoms. The summed E-state index contributed by atoms with van der Waals surface area (Å²) in [5, 5.41) is 6.42. The van der Waals surface area contributed by atoms with Crippen molar-refractivity contribution in [2.75, 3.05) is 10.2 Å². The van der Waals surface area contributed by atoms with Crippen LogP contribution in [-0.4, -0.2) is 5.91 Å². The van der Waals surface area contributed by atoms with Gasteiger partial charge in [-0.25, -0.2) is 0 Å². The van der Waals surface area contributed by atoms with Crippen LogP contribution in [0, 0.1) is 0 Å². The molecule has 0 spiro atoms. The number of nitrogens with zero attached hydrogens (tertiary/aromatic N) is 1. The Morgan fingerprint density at radius 2 is 1.85 bits per heavy atom. The summed E-state index contributed by atoms with van der Waals surface area (Å²) in [6, 6.07) is 10.9. The van der Waals surface area contributed by atoms with E-state index in [1.165, 1.54) is 28.4 Å². The summed E-state index contributed by atoms with van der Waals surface area (Å²) in [6.45, 7) is -0.00688. The van der Waals surface area contributed by atoms with Crippen LogP contribution in [0.3, 0.4) is 0 Å². The zero-order valence-electron chi connectivity index (χ0n) is 13.7. The molecule has 27 heavy (non-hydrogen) atoms. The van der Waals surface area contributed by atoms with Crippen LogP contribution in [0.4, 0.5) is 30.2 Å². The van der Waals surface area contributed by atoms with Gasteiger partial charge in [-0.3, -0.25) is 4.79 Å². The van der Waals surface area contributed by atoms with Crippen molar-refractivity contribution >= 4 is 45.9 Å². The monoisotopic (exact) mass is 408 g/mol. The number of para-hydroxylation sites is 2. The van der Waals surface area contributed by atoms with Gasteiger partial charge >= 0.3 is 6.18 Å². The van der Waals surface area contributed by atoms with E-state index < -0.39 is 11.7 Å². The van der Waals surface area contributed by atoms with Crippen LogP contribution in [0.25, 0.3) is 0 Å². The summed E-state index contributed by atoms with van der Waals surface area (Å²) in [5.41, 5.74) is 1.92. The van der Waals surface area contributed by atoms with Crippen molar-refractivity contribution < 1.29 is 18.0 Å². The molecule has 1 aliphatic rings. The SMILES string of the molecule is O=C1c2cscc2Nc2ccccc2N1Cc1ccc(Cl)c(C(F)(F)F)c1. The number of nitrogens with one attached hydrogen (secondary N) is 1. The van der Waals surface area contributed by atoms with Gasteiger partial charge in [0.1, 0.15) is 0 Å². The first-order chi connectivity index (χ1) is 12.8. The molecule has 1 aromatic heterocycles. The fourth-order valence-electron chi connectivity index (χ4n) is 3.00. The molecule has 0 saturated carbocycles. The molecule has 0 saturated heterocycles. The van der Waals surface area contributed by atoms with Crippen LogP contribution in [0.5, 0.6) is 0 Å². The normalized spacial score (nSPS) is 13.6. The topological polar surface area (TPSA) is 32.3 Å². The lowest BCUT2D eigenvalue weighted by atomic mass is 10.1. The molecule has 138 valence electrons. The Bertz CT molecular complexity index is 1030. The molecule has 1 amide bonds. The number of carbonyl (C=O) groups excluding carboxylic acids is 1. The Kier molecular flexibility index (Phi) is 4.36. The highest BCUT2D eigenvalue weighted by Gasteiger charge is 2.34. The standard InChI is InChI=1S/C19H12ClF3N2OS/c20-14-6-5-11(7-13(14)19(21,22)23)8-25-17-4-2-1-3-15(17)24-16-10-27-9-12(16)18(25)26/h1-7,9-10,24H,8H2. The maximum atomic E-state index is 13.2. The molecule has 8 heteroatoms. The largest absolute Gasteiger partial charge is 0.417 e. The van der Waals surface area contributed by atoms with E-state index in [0.29, 0.717) is 28.2 Å². The third-order valence-corrected chi connectivity index (χ3v) is 5.35. The zero-order valence-corrected chi connectivity index (χ0v) is 15.3. The fraction of sp³-hybridized carbons (Fsp3) is 0.105. The number of halogens is 4. The van der Waals surface area contributed by atoms with Crippen LogP contribution in [0.1, 0.15) is 21.5 Å². The first-order valence-corrected chi connectivity index (χ1v) is 9.26. The number of thiophene rings is 1. The van der Waals surface area contributed by atoms with Gasteiger partial charge in [0, 0.05) is 10.8 Å². The minimum Gasteiger partial charge on any atom is -0.352 e. The number of fused-ring (bicyclic) bond motifs is 2. The molecule has 0 unspecified atom stereocenters. The molecule has 0 fully saturated rings. The highest BCUT2D eigenvalue weighted by Crippen LogP contribution is 2.39. The molecule has 0 radical (unpaired) electrons. The van der Waals surface area contributed by atoms with Crippen LogP contribution in [-0.2, 0) is 12.7 Å². The molecule has 4 rings (SSSR count). The Morgan fingerprint density at radius 1 is 1.07 bits per heavy atom. The molecule has 1 aliphatic heterocycles. The van der Waals surface area contributed by atoms with E-state index in [0.717, 1.165) is 6.07 Å². The number of carbonyl (C=O) groups is 1. The van der Waals surface area contributed by atoms with Crippen LogP contribution in [0.15, 0.2) is 53.2 Å². The zero-order chi connectivity index (χ0) is 19.2. The Morgan fingerprint density at radius 3 is 2.63 bits per heavy atom. The average molecular weight is 409 g/mol. The van der Waals surface area contributed by atoms with Gasteiger partial charge in [-0.15, -0.1) is 11.3 Å². The number of hydrogen-bond donors (Lipinski definition) is 1. The first-order valence-electron chi connectivity index (χ1n) is 7.94. The molecule has 2 aromatic carbocycles. The van der Waals surface area contributed by atoms with Crippen LogP contribution >= 0.6 is 22.9 Å². The smallest absolute Gasteiger partial charge is 0.352 e. The van der Waals surface area contributed by atoms with Crippen molar-refractivity contribution in [2.24, 2.45) is 0 Å². The van der Waals surface area contributed by atoms with E-state index in [4.69, 9.17) is 11.6 Å². The second-order valence-corrected chi connectivity index (χ2v) is 7.20. The molecular weight excluding hydrogens is 397 g/mol. The molecule has 1 N–H and O–H groups in total. The van der Waals surface area contributed by atoms with Crippen molar-refractivity contribution in [1.29, 1.82) is 0 Å². The summed E-state index contributed by atoms with van der Waals surface area (Å²) in [6.07, 6.45) is -4.56. The lowest BCUT2D eigenvalue weighted by Crippen LogP contribution is -2.29. The second kappa shape index (κ2) is 6.58. The van der Waals surface area contributed by atoms with E-state index in [2.05, 4.69) is 5.32 Å². The molecule has 2 heterocycles. The third-order valence-electron chi connectivity index (χ3n) is 4.28. The van der Waals surface area contributed by atoms with Crippen molar-refractivity contribution in [3.63, 3.8) is 0 Å². The van der Waals surface area contributed by atoms with Gasteiger partial charge in [0.25, 0.3) is 5.91 Å². The quantitative estimate of drug-likeness (QED) is 0.537. The Labute approximate surface area is 162 Å². The number of anilines is 3. The van der Waals surface area contributed by atoms with E-state index in [9.17, 15) is 18.0 Å². The molecule has 3 aromatic rings. The van der Waals surface area contributed by atoms with Gasteiger partial charge in [-0.2, -0.15) is 13.2 Å². The summed E-state index contributed by atoms with van der Waals surface area (Å²) >= 11 is 7.09. The minimum absolute atomic E-state index is 0.00688. The molecule has 0 atom stereocenters. The van der Waals surface area contributed by atoms with Gasteiger partial charge in [0.15, 0.2) is 0 Å². The van der Waals surface area contributed by atoms with E-state index in [-0.39, 0.29) is 17.5 Å². The molecule has 3 nitrogen and oxygen atoms in total. The van der Waals surface area contributed by atoms with Crippen molar-refractivity contribution in [3.05, 3.63) is 74.9 Å². The molecular formula is C19H12ClF3N2OS. The number of rotatable bonds is 2. The highest BCUT2D eigenvalue weighted by molar-refractivity contribution is 7.08. The summed E-state index contributed by atoms with van der Waals surface area (Å²) < 4.78 is 39.5. The second-order valence-electron chi connectivity index (χ2n) is 6.04. The first kappa shape index (κ1) is 17.9. The number of alkyl halides is 3. The van der Waals surface area contributed by atoms with Crippen molar-refractivity contribution in [2.45, 2.75) is 12.7 Å². The summed E-state index contributed by atoms with van der Waals surface area (Å²) in [5.74, 6) is -0.271. The van der Waals surface area contributed by atoms with Crippen molar-refractivity contribution in [3.8, 4) is 0 Å². The maximum Gasteiger partial charge on any atom is 0.417 e. The number of amides is 1. The number of hydrogen-bond acceptors (Lipinski definition) is 3. The number of benzene rings is 2. The minimum atomic E-state index is -4.56. The predicted molar refractivity (Wildman–Crippen MR) is 101 cm³/mol. The predicted octanol–water partition coefficient (Wildman–Crippen LogP) is 6.32. The van der Waals surface area contributed by atoms with Gasteiger partial charge in [0.05, 0.1) is 39.8 Å². The van der Waals surface area contributed by atoms with E-state index >= 15 is 0 Å². The van der Waals surface area contributed by atoms with Gasteiger partial charge in [0.2, 0.25) is 0 Å². The van der Waals surface area contributed by atoms with Crippen molar-refractivity contribution in [1.82, 2.24) is 0 Å². The summed E-state index contributed by atoms with van der Waals surface area (Å²) in [4.78, 5) is 14.5. The maximum absolute atomic E-state index is 13.2. The van der Waals surface area contributed by atoms with Gasteiger partial charge in [-0.1, -0.05) is 29.8 Å². The van der Waals surface area contributed by atoms with Crippen LogP contribution in [0.2, 0.25) is 5.02 Å². The van der Waals surface area contributed by atoms with E-state index in [1.807, 2.05) is 17.5 Å². The third kappa shape index (κ3) is 3.28. The van der Waals surface area contributed by atoms with Crippen LogP contribution < -0.4 is 10.2 Å². The Hall–Kier alpha value is -2.51. The fourth-order valence-corrected chi connectivity index (χ4v) is 3.98. The average Bonchev–Trinajstić information content (AvgIpc) is 3.04. The lowest BCUT2D eigenvalue weighted by molar-refractivity contribution is -0.137. The molecule has 0 aliphatic carbocycles. The van der Waals surface area contributed by atoms with Gasteiger partial charge in [-0.05, 0) is 29.8 Å².